The Labute approximate surface area is 175 Å². The molecule has 0 aliphatic carbocycles. The average Bonchev–Trinajstić information content (AvgIpc) is 2.67. The van der Waals surface area contributed by atoms with Gasteiger partial charge >= 0.3 is 0 Å². The molecule has 2 amide bonds. The Morgan fingerprint density at radius 2 is 1.97 bits per heavy atom. The van der Waals surface area contributed by atoms with E-state index in [2.05, 4.69) is 22.5 Å². The first-order chi connectivity index (χ1) is 13.9. The summed E-state index contributed by atoms with van der Waals surface area (Å²) in [6, 6.07) is 5.68. The Morgan fingerprint density at radius 3 is 2.62 bits per heavy atom. The molecule has 1 aromatic rings. The van der Waals surface area contributed by atoms with Gasteiger partial charge in [0, 0.05) is 50.6 Å². The lowest BCUT2D eigenvalue weighted by Crippen LogP contribution is -2.35. The second-order valence-electron chi connectivity index (χ2n) is 8.35. The number of amides is 2. The van der Waals surface area contributed by atoms with Gasteiger partial charge in [0.05, 0.1) is 5.56 Å². The van der Waals surface area contributed by atoms with Gasteiger partial charge in [0.15, 0.2) is 0 Å². The number of rotatable bonds is 10. The van der Waals surface area contributed by atoms with Crippen LogP contribution in [0.1, 0.15) is 63.7 Å². The van der Waals surface area contributed by atoms with E-state index in [0.29, 0.717) is 37.4 Å². The summed E-state index contributed by atoms with van der Waals surface area (Å²) in [5, 5.41) is 5.93. The summed E-state index contributed by atoms with van der Waals surface area (Å²) >= 11 is 0. The van der Waals surface area contributed by atoms with E-state index in [1.165, 1.54) is 0 Å². The van der Waals surface area contributed by atoms with Crippen LogP contribution in [-0.4, -0.2) is 44.7 Å². The summed E-state index contributed by atoms with van der Waals surface area (Å²) in [7, 11) is 0. The standard InChI is InChI=1S/C23H37N3O3/c1-5-29-14-6-11-24-23(28)20-16-19(25-22(27)15-17(2)3)7-8-21(20)26-12-9-18(4)10-13-26/h7-8,16-18H,5-6,9-15H2,1-4H3,(H,24,28)(H,25,27). The van der Waals surface area contributed by atoms with E-state index < -0.39 is 0 Å². The van der Waals surface area contributed by atoms with Gasteiger partial charge in [-0.2, -0.15) is 0 Å². The minimum Gasteiger partial charge on any atom is -0.382 e. The van der Waals surface area contributed by atoms with Crippen LogP contribution < -0.4 is 15.5 Å². The van der Waals surface area contributed by atoms with Crippen molar-refractivity contribution >= 4 is 23.2 Å². The highest BCUT2D eigenvalue weighted by Gasteiger charge is 2.22. The number of benzene rings is 1. The van der Waals surface area contributed by atoms with Crippen LogP contribution in [0.2, 0.25) is 0 Å². The highest BCUT2D eigenvalue weighted by Crippen LogP contribution is 2.29. The average molecular weight is 404 g/mol. The van der Waals surface area contributed by atoms with E-state index >= 15 is 0 Å². The molecule has 2 N–H and O–H groups in total. The molecular weight excluding hydrogens is 366 g/mol. The lowest BCUT2D eigenvalue weighted by Gasteiger charge is -2.33. The van der Waals surface area contributed by atoms with Crippen molar-refractivity contribution in [2.45, 2.75) is 53.4 Å². The molecule has 6 heteroatoms. The van der Waals surface area contributed by atoms with Gasteiger partial charge in [-0.25, -0.2) is 0 Å². The number of piperidine rings is 1. The molecule has 29 heavy (non-hydrogen) atoms. The number of hydrogen-bond donors (Lipinski definition) is 2. The molecule has 1 saturated heterocycles. The third-order valence-corrected chi connectivity index (χ3v) is 5.20. The molecule has 2 rings (SSSR count). The number of anilines is 2. The maximum Gasteiger partial charge on any atom is 0.253 e. The molecule has 1 fully saturated rings. The van der Waals surface area contributed by atoms with E-state index in [9.17, 15) is 9.59 Å². The van der Waals surface area contributed by atoms with E-state index in [-0.39, 0.29) is 17.7 Å². The van der Waals surface area contributed by atoms with E-state index in [4.69, 9.17) is 4.74 Å². The Kier molecular flexibility index (Phi) is 9.45. The zero-order chi connectivity index (χ0) is 21.2. The van der Waals surface area contributed by atoms with E-state index in [1.807, 2.05) is 39.0 Å². The summed E-state index contributed by atoms with van der Waals surface area (Å²) in [4.78, 5) is 27.4. The minimum absolute atomic E-state index is 0.0254. The molecule has 1 heterocycles. The number of nitrogens with one attached hydrogen (secondary N) is 2. The van der Waals surface area contributed by atoms with Gasteiger partial charge in [-0.1, -0.05) is 20.8 Å². The van der Waals surface area contributed by atoms with Gasteiger partial charge in [-0.3, -0.25) is 9.59 Å². The molecule has 0 atom stereocenters. The van der Waals surface area contributed by atoms with Crippen LogP contribution in [0.4, 0.5) is 11.4 Å². The Balaban J connectivity index is 2.14. The van der Waals surface area contributed by atoms with Gasteiger partial charge < -0.3 is 20.3 Å². The van der Waals surface area contributed by atoms with Gasteiger partial charge in [0.25, 0.3) is 5.91 Å². The number of carbonyl (C=O) groups is 2. The van der Waals surface area contributed by atoms with Crippen molar-refractivity contribution in [3.63, 3.8) is 0 Å². The smallest absolute Gasteiger partial charge is 0.253 e. The van der Waals surface area contributed by atoms with Crippen LogP contribution in [-0.2, 0) is 9.53 Å². The Morgan fingerprint density at radius 1 is 1.24 bits per heavy atom. The summed E-state index contributed by atoms with van der Waals surface area (Å²) in [6.45, 7) is 12.1. The summed E-state index contributed by atoms with van der Waals surface area (Å²) in [5.41, 5.74) is 2.24. The summed E-state index contributed by atoms with van der Waals surface area (Å²) < 4.78 is 5.34. The lowest BCUT2D eigenvalue weighted by molar-refractivity contribution is -0.116. The molecule has 0 bridgehead atoms. The predicted octanol–water partition coefficient (Wildman–Crippen LogP) is 4.06. The van der Waals surface area contributed by atoms with Crippen LogP contribution in [0.15, 0.2) is 18.2 Å². The fourth-order valence-corrected chi connectivity index (χ4v) is 3.52. The Hall–Kier alpha value is -2.08. The minimum atomic E-state index is -0.102. The normalized spacial score (nSPS) is 14.9. The largest absolute Gasteiger partial charge is 0.382 e. The zero-order valence-corrected chi connectivity index (χ0v) is 18.4. The first-order valence-electron chi connectivity index (χ1n) is 11.0. The third-order valence-electron chi connectivity index (χ3n) is 5.20. The summed E-state index contributed by atoms with van der Waals surface area (Å²) in [5.74, 6) is 0.882. The lowest BCUT2D eigenvalue weighted by atomic mass is 9.97. The fourth-order valence-electron chi connectivity index (χ4n) is 3.52. The molecule has 162 valence electrons. The second-order valence-corrected chi connectivity index (χ2v) is 8.35. The highest BCUT2D eigenvalue weighted by molar-refractivity contribution is 6.02. The zero-order valence-electron chi connectivity index (χ0n) is 18.4. The first-order valence-corrected chi connectivity index (χ1v) is 11.0. The molecule has 0 unspecified atom stereocenters. The van der Waals surface area contributed by atoms with Crippen LogP contribution >= 0.6 is 0 Å². The Bertz CT molecular complexity index is 667. The van der Waals surface area contributed by atoms with E-state index in [1.54, 1.807) is 0 Å². The van der Waals surface area contributed by atoms with Gasteiger partial charge in [0.1, 0.15) is 0 Å². The van der Waals surface area contributed by atoms with E-state index in [0.717, 1.165) is 44.0 Å². The molecule has 6 nitrogen and oxygen atoms in total. The van der Waals surface area contributed by atoms with Crippen molar-refractivity contribution in [1.82, 2.24) is 5.32 Å². The number of carbonyl (C=O) groups excluding carboxylic acids is 2. The second kappa shape index (κ2) is 11.8. The molecule has 0 radical (unpaired) electrons. The van der Waals surface area contributed by atoms with Crippen LogP contribution in [0.5, 0.6) is 0 Å². The monoisotopic (exact) mass is 403 g/mol. The number of nitrogens with zero attached hydrogens (tertiary/aromatic N) is 1. The van der Waals surface area contributed by atoms with Gasteiger partial charge in [-0.05, 0) is 56.2 Å². The third kappa shape index (κ3) is 7.69. The van der Waals surface area contributed by atoms with Crippen molar-refractivity contribution in [2.75, 3.05) is 43.1 Å². The quantitative estimate of drug-likeness (QED) is 0.578. The maximum absolute atomic E-state index is 12.9. The van der Waals surface area contributed by atoms with Crippen molar-refractivity contribution < 1.29 is 14.3 Å². The van der Waals surface area contributed by atoms with Crippen molar-refractivity contribution in [2.24, 2.45) is 11.8 Å². The maximum atomic E-state index is 12.9. The number of ether oxygens (including phenoxy) is 1. The molecular formula is C23H37N3O3. The molecule has 0 saturated carbocycles. The van der Waals surface area contributed by atoms with Gasteiger partial charge in [0.2, 0.25) is 5.91 Å². The van der Waals surface area contributed by atoms with Crippen molar-refractivity contribution in [3.8, 4) is 0 Å². The SMILES string of the molecule is CCOCCCNC(=O)c1cc(NC(=O)CC(C)C)ccc1N1CCC(C)CC1. The predicted molar refractivity (Wildman–Crippen MR) is 119 cm³/mol. The molecule has 0 aromatic heterocycles. The van der Waals surface area contributed by atoms with Gasteiger partial charge in [-0.15, -0.1) is 0 Å². The molecule has 1 aromatic carbocycles. The van der Waals surface area contributed by atoms with Crippen molar-refractivity contribution in [1.29, 1.82) is 0 Å². The van der Waals surface area contributed by atoms with Crippen molar-refractivity contribution in [3.05, 3.63) is 23.8 Å². The topological polar surface area (TPSA) is 70.7 Å². The van der Waals surface area contributed by atoms with Crippen LogP contribution in [0.3, 0.4) is 0 Å². The number of hydrogen-bond acceptors (Lipinski definition) is 4. The summed E-state index contributed by atoms with van der Waals surface area (Å²) in [6.07, 6.45) is 3.50. The fraction of sp³-hybridized carbons (Fsp3) is 0.652. The highest BCUT2D eigenvalue weighted by atomic mass is 16.5. The molecule has 1 aliphatic rings. The van der Waals surface area contributed by atoms with Crippen LogP contribution in [0.25, 0.3) is 0 Å². The molecule has 0 spiro atoms. The first kappa shape index (κ1) is 23.2. The van der Waals surface area contributed by atoms with Crippen LogP contribution in [0, 0.1) is 11.8 Å². The molecule has 1 aliphatic heterocycles.